The monoisotopic (exact) mass is 193 g/mol. The van der Waals surface area contributed by atoms with Crippen LogP contribution in [-0.2, 0) is 5.54 Å². The summed E-state index contributed by atoms with van der Waals surface area (Å²) in [6.07, 6.45) is 0. The lowest BCUT2D eigenvalue weighted by molar-refractivity contribution is 0.538. The van der Waals surface area contributed by atoms with Crippen LogP contribution in [0.15, 0.2) is 18.2 Å². The molecule has 0 aliphatic rings. The van der Waals surface area contributed by atoms with Gasteiger partial charge < -0.3 is 5.73 Å². The van der Waals surface area contributed by atoms with Crippen molar-refractivity contribution in [2.45, 2.75) is 19.4 Å². The zero-order valence-corrected chi connectivity index (χ0v) is 8.13. The van der Waals surface area contributed by atoms with Crippen LogP contribution in [0.2, 0.25) is 0 Å². The second-order valence-corrected chi connectivity index (χ2v) is 3.96. The second kappa shape index (κ2) is 2.78. The molecule has 74 valence electrons. The number of nitrogens with one attached hydrogen (secondary N) is 1. The fraction of sp³-hybridized carbons (Fsp3) is 0.300. The Labute approximate surface area is 81.1 Å². The highest BCUT2D eigenvalue weighted by atomic mass is 19.1. The van der Waals surface area contributed by atoms with Gasteiger partial charge in [-0.05, 0) is 19.9 Å². The normalized spacial score (nSPS) is 12.3. The van der Waals surface area contributed by atoms with E-state index in [1.54, 1.807) is 6.07 Å². The van der Waals surface area contributed by atoms with Crippen LogP contribution in [0, 0.1) is 5.82 Å². The Morgan fingerprint density at radius 2 is 2.14 bits per heavy atom. The predicted octanol–water partition coefficient (Wildman–Crippen LogP) is 1.90. The number of aromatic amines is 1. The van der Waals surface area contributed by atoms with Crippen LogP contribution in [0.25, 0.3) is 10.9 Å². The van der Waals surface area contributed by atoms with E-state index in [0.29, 0.717) is 11.2 Å². The minimum atomic E-state index is -0.563. The highest BCUT2D eigenvalue weighted by molar-refractivity contribution is 5.82. The topological polar surface area (TPSA) is 54.7 Å². The summed E-state index contributed by atoms with van der Waals surface area (Å²) in [4.78, 5) is 0. The highest BCUT2D eigenvalue weighted by Crippen LogP contribution is 2.25. The lowest BCUT2D eigenvalue weighted by Crippen LogP contribution is -2.29. The van der Waals surface area contributed by atoms with Crippen LogP contribution < -0.4 is 5.73 Å². The Balaban J connectivity index is 2.76. The smallest absolute Gasteiger partial charge is 0.148 e. The third-order valence-corrected chi connectivity index (χ3v) is 2.16. The van der Waals surface area contributed by atoms with Crippen molar-refractivity contribution < 1.29 is 4.39 Å². The molecule has 4 heteroatoms. The molecule has 1 aromatic carbocycles. The largest absolute Gasteiger partial charge is 0.320 e. The number of halogens is 1. The summed E-state index contributed by atoms with van der Waals surface area (Å²) in [6, 6.07) is 4.86. The van der Waals surface area contributed by atoms with E-state index in [0.717, 1.165) is 5.39 Å². The minimum absolute atomic E-state index is 0.300. The molecule has 1 aromatic heterocycles. The van der Waals surface area contributed by atoms with Crippen LogP contribution in [0.1, 0.15) is 19.5 Å². The van der Waals surface area contributed by atoms with E-state index in [1.807, 2.05) is 19.9 Å². The molecule has 3 nitrogen and oxygen atoms in total. The van der Waals surface area contributed by atoms with Gasteiger partial charge in [-0.15, -0.1) is 0 Å². The SMILES string of the molecule is CC(C)(N)c1n[nH]c2c(F)cccc12. The first kappa shape index (κ1) is 9.15. The van der Waals surface area contributed by atoms with Crippen molar-refractivity contribution in [1.82, 2.24) is 10.2 Å². The van der Waals surface area contributed by atoms with Crippen LogP contribution in [0.4, 0.5) is 4.39 Å². The molecular weight excluding hydrogens is 181 g/mol. The van der Waals surface area contributed by atoms with E-state index in [1.165, 1.54) is 6.07 Å². The molecule has 3 N–H and O–H groups in total. The minimum Gasteiger partial charge on any atom is -0.320 e. The van der Waals surface area contributed by atoms with Crippen molar-refractivity contribution >= 4 is 10.9 Å². The molecule has 0 radical (unpaired) electrons. The maximum atomic E-state index is 13.3. The molecule has 0 unspecified atom stereocenters. The molecule has 0 fully saturated rings. The van der Waals surface area contributed by atoms with Crippen LogP contribution in [0.5, 0.6) is 0 Å². The number of aromatic nitrogens is 2. The molecule has 2 rings (SSSR count). The molecule has 0 amide bonds. The molecule has 0 bridgehead atoms. The molecule has 0 saturated carbocycles. The number of fused-ring (bicyclic) bond motifs is 1. The summed E-state index contributed by atoms with van der Waals surface area (Å²) in [6.45, 7) is 3.68. The number of rotatable bonds is 1. The van der Waals surface area contributed by atoms with Crippen molar-refractivity contribution in [2.75, 3.05) is 0 Å². The van der Waals surface area contributed by atoms with Gasteiger partial charge in [-0.2, -0.15) is 5.10 Å². The van der Waals surface area contributed by atoms with Crippen LogP contribution >= 0.6 is 0 Å². The van der Waals surface area contributed by atoms with Gasteiger partial charge in [0.15, 0.2) is 0 Å². The Morgan fingerprint density at radius 3 is 2.79 bits per heavy atom. The number of H-pyrrole nitrogens is 1. The van der Waals surface area contributed by atoms with Crippen LogP contribution in [0.3, 0.4) is 0 Å². The molecule has 14 heavy (non-hydrogen) atoms. The standard InChI is InChI=1S/C10H12FN3/c1-10(2,12)9-6-4-3-5-7(11)8(6)13-14-9/h3-5H,12H2,1-2H3,(H,13,14). The molecule has 2 aromatic rings. The summed E-state index contributed by atoms with van der Waals surface area (Å²) in [5, 5.41) is 7.44. The van der Waals surface area contributed by atoms with Crippen LogP contribution in [-0.4, -0.2) is 10.2 Å². The Kier molecular flexibility index (Phi) is 1.82. The summed E-state index contributed by atoms with van der Waals surface area (Å²) in [7, 11) is 0. The van der Waals surface area contributed by atoms with Gasteiger partial charge in [-0.3, -0.25) is 5.10 Å². The Hall–Kier alpha value is -1.42. The molecule has 0 saturated heterocycles. The average Bonchev–Trinajstić information content (AvgIpc) is 2.47. The quantitative estimate of drug-likeness (QED) is 0.726. The first-order valence-electron chi connectivity index (χ1n) is 4.42. The zero-order chi connectivity index (χ0) is 10.3. The molecular formula is C10H12FN3. The molecule has 0 spiro atoms. The van der Waals surface area contributed by atoms with Gasteiger partial charge in [0.2, 0.25) is 0 Å². The fourth-order valence-electron chi connectivity index (χ4n) is 1.50. The van der Waals surface area contributed by atoms with Crippen molar-refractivity contribution in [3.05, 3.63) is 29.7 Å². The highest BCUT2D eigenvalue weighted by Gasteiger charge is 2.21. The van der Waals surface area contributed by atoms with E-state index in [4.69, 9.17) is 5.73 Å². The second-order valence-electron chi connectivity index (χ2n) is 3.96. The average molecular weight is 193 g/mol. The van der Waals surface area contributed by atoms with Gasteiger partial charge >= 0.3 is 0 Å². The van der Waals surface area contributed by atoms with E-state index >= 15 is 0 Å². The number of hydrogen-bond donors (Lipinski definition) is 2. The number of para-hydroxylation sites is 1. The number of nitrogens with two attached hydrogens (primary N) is 1. The Morgan fingerprint density at radius 1 is 1.43 bits per heavy atom. The van der Waals surface area contributed by atoms with Gasteiger partial charge in [0.25, 0.3) is 0 Å². The molecule has 0 aliphatic heterocycles. The van der Waals surface area contributed by atoms with Crippen molar-refractivity contribution in [3.8, 4) is 0 Å². The number of nitrogens with zero attached hydrogens (tertiary/aromatic N) is 1. The summed E-state index contributed by atoms with van der Waals surface area (Å²) in [5.74, 6) is -0.300. The fourth-order valence-corrected chi connectivity index (χ4v) is 1.50. The van der Waals surface area contributed by atoms with Crippen molar-refractivity contribution in [1.29, 1.82) is 0 Å². The summed E-state index contributed by atoms with van der Waals surface area (Å²) in [5.41, 5.74) is 6.45. The molecule has 0 aliphatic carbocycles. The summed E-state index contributed by atoms with van der Waals surface area (Å²) < 4.78 is 13.3. The third kappa shape index (κ3) is 1.28. The predicted molar refractivity (Wildman–Crippen MR) is 53.3 cm³/mol. The van der Waals surface area contributed by atoms with E-state index in [-0.39, 0.29) is 5.82 Å². The van der Waals surface area contributed by atoms with Gasteiger partial charge in [-0.25, -0.2) is 4.39 Å². The van der Waals surface area contributed by atoms with Crippen molar-refractivity contribution in [2.24, 2.45) is 5.73 Å². The summed E-state index contributed by atoms with van der Waals surface area (Å²) >= 11 is 0. The Bertz CT molecular complexity index is 468. The van der Waals surface area contributed by atoms with Gasteiger partial charge in [0.1, 0.15) is 11.3 Å². The first-order valence-corrected chi connectivity index (χ1v) is 4.42. The molecule has 1 heterocycles. The van der Waals surface area contributed by atoms with Crippen molar-refractivity contribution in [3.63, 3.8) is 0 Å². The lowest BCUT2D eigenvalue weighted by Gasteiger charge is -2.15. The first-order chi connectivity index (χ1) is 6.50. The third-order valence-electron chi connectivity index (χ3n) is 2.16. The van der Waals surface area contributed by atoms with E-state index in [9.17, 15) is 4.39 Å². The molecule has 0 atom stereocenters. The lowest BCUT2D eigenvalue weighted by atomic mass is 9.99. The van der Waals surface area contributed by atoms with Gasteiger partial charge in [-0.1, -0.05) is 12.1 Å². The van der Waals surface area contributed by atoms with Gasteiger partial charge in [0.05, 0.1) is 11.2 Å². The van der Waals surface area contributed by atoms with E-state index < -0.39 is 5.54 Å². The zero-order valence-electron chi connectivity index (χ0n) is 8.13. The number of benzene rings is 1. The van der Waals surface area contributed by atoms with E-state index in [2.05, 4.69) is 10.2 Å². The maximum absolute atomic E-state index is 13.3. The maximum Gasteiger partial charge on any atom is 0.148 e. The van der Waals surface area contributed by atoms with Gasteiger partial charge in [0, 0.05) is 5.39 Å². The number of hydrogen-bond acceptors (Lipinski definition) is 2.